The van der Waals surface area contributed by atoms with Crippen molar-refractivity contribution in [3.63, 3.8) is 0 Å². The van der Waals surface area contributed by atoms with E-state index >= 15 is 0 Å². The summed E-state index contributed by atoms with van der Waals surface area (Å²) in [6.07, 6.45) is 1.26. The Hall–Kier alpha value is -0.540. The fourth-order valence-electron chi connectivity index (χ4n) is 2.77. The van der Waals surface area contributed by atoms with Crippen molar-refractivity contribution in [2.75, 3.05) is 25.5 Å². The molecule has 3 heteroatoms. The van der Waals surface area contributed by atoms with Crippen molar-refractivity contribution in [2.45, 2.75) is 18.4 Å². The topological polar surface area (TPSA) is 15.3 Å². The number of rotatable bonds is 0. The molecule has 1 fully saturated rings. The lowest BCUT2D eigenvalue weighted by Crippen LogP contribution is -2.39. The van der Waals surface area contributed by atoms with Gasteiger partial charge >= 0.3 is 0 Å². The minimum atomic E-state index is 0.658. The second kappa shape index (κ2) is 3.49. The van der Waals surface area contributed by atoms with Crippen LogP contribution in [0.25, 0.3) is 0 Å². The highest BCUT2D eigenvalue weighted by Crippen LogP contribution is 2.40. The molecular weight excluding hydrogens is 252 g/mol. The third kappa shape index (κ3) is 1.58. The summed E-state index contributed by atoms with van der Waals surface area (Å²) in [5.74, 6) is 0.677. The van der Waals surface area contributed by atoms with E-state index in [9.17, 15) is 0 Å². The Morgan fingerprint density at radius 1 is 1.47 bits per heavy atom. The molecule has 0 radical (unpaired) electrons. The number of hydrogen-bond donors (Lipinski definition) is 1. The Balaban J connectivity index is 1.98. The molecule has 0 unspecified atom stereocenters. The van der Waals surface area contributed by atoms with E-state index in [1.54, 1.807) is 0 Å². The second-order valence-electron chi connectivity index (χ2n) is 4.64. The van der Waals surface area contributed by atoms with E-state index in [0.29, 0.717) is 12.0 Å². The van der Waals surface area contributed by atoms with Gasteiger partial charge in [0.2, 0.25) is 0 Å². The van der Waals surface area contributed by atoms with E-state index < -0.39 is 0 Å². The Kier molecular flexibility index (Phi) is 2.25. The van der Waals surface area contributed by atoms with Crippen LogP contribution in [-0.4, -0.2) is 31.1 Å². The van der Waals surface area contributed by atoms with E-state index in [1.807, 2.05) is 0 Å². The molecule has 2 nitrogen and oxygen atoms in total. The molecule has 1 aromatic carbocycles. The number of anilines is 1. The molecule has 2 atom stereocenters. The maximum absolute atomic E-state index is 3.64. The molecule has 1 saturated heterocycles. The molecule has 3 rings (SSSR count). The van der Waals surface area contributed by atoms with Crippen LogP contribution in [0.5, 0.6) is 0 Å². The zero-order valence-corrected chi connectivity index (χ0v) is 10.4. The molecular formula is C12H15BrN2. The van der Waals surface area contributed by atoms with Gasteiger partial charge in [0.05, 0.1) is 0 Å². The Labute approximate surface area is 98.8 Å². The van der Waals surface area contributed by atoms with Crippen LogP contribution in [0.2, 0.25) is 0 Å². The third-order valence-corrected chi connectivity index (χ3v) is 4.06. The summed E-state index contributed by atoms with van der Waals surface area (Å²) in [4.78, 5) is 2.43. The number of hydrogen-bond acceptors (Lipinski definition) is 2. The first-order valence-electron chi connectivity index (χ1n) is 5.48. The summed E-state index contributed by atoms with van der Waals surface area (Å²) in [7, 11) is 2.21. The molecule has 15 heavy (non-hydrogen) atoms. The minimum Gasteiger partial charge on any atom is -0.381 e. The fourth-order valence-corrected chi connectivity index (χ4v) is 3.15. The molecule has 0 aromatic heterocycles. The molecule has 0 saturated carbocycles. The molecule has 2 aliphatic heterocycles. The standard InChI is InChI=1S/C12H15BrN2/c1-15-5-4-12-10(7-15)9-6-8(13)2-3-11(9)14-12/h2-3,6,10,12,14H,4-5,7H2,1H3/t10-,12-/m0/s1. The Bertz CT molecular complexity index is 391. The second-order valence-corrected chi connectivity index (χ2v) is 5.56. The first-order chi connectivity index (χ1) is 7.24. The monoisotopic (exact) mass is 266 g/mol. The maximum atomic E-state index is 3.64. The van der Waals surface area contributed by atoms with Gasteiger partial charge in [-0.05, 0) is 43.8 Å². The highest BCUT2D eigenvalue weighted by molar-refractivity contribution is 9.10. The smallest absolute Gasteiger partial charge is 0.0380 e. The van der Waals surface area contributed by atoms with Crippen molar-refractivity contribution >= 4 is 21.6 Å². The largest absolute Gasteiger partial charge is 0.381 e. The van der Waals surface area contributed by atoms with Crippen molar-refractivity contribution in [2.24, 2.45) is 0 Å². The van der Waals surface area contributed by atoms with Gasteiger partial charge in [-0.3, -0.25) is 0 Å². The first kappa shape index (κ1) is 9.67. The minimum absolute atomic E-state index is 0.658. The quantitative estimate of drug-likeness (QED) is 0.777. The van der Waals surface area contributed by atoms with Gasteiger partial charge in [-0.1, -0.05) is 15.9 Å². The summed E-state index contributed by atoms with van der Waals surface area (Å²) in [6, 6.07) is 7.24. The van der Waals surface area contributed by atoms with Gasteiger partial charge in [-0.25, -0.2) is 0 Å². The summed E-state index contributed by atoms with van der Waals surface area (Å²) >= 11 is 3.56. The van der Waals surface area contributed by atoms with E-state index in [4.69, 9.17) is 0 Å². The fraction of sp³-hybridized carbons (Fsp3) is 0.500. The number of nitrogens with zero attached hydrogens (tertiary/aromatic N) is 1. The maximum Gasteiger partial charge on any atom is 0.0380 e. The average molecular weight is 267 g/mol. The third-order valence-electron chi connectivity index (χ3n) is 3.57. The zero-order valence-electron chi connectivity index (χ0n) is 8.83. The van der Waals surface area contributed by atoms with Crippen LogP contribution in [0.3, 0.4) is 0 Å². The van der Waals surface area contributed by atoms with E-state index in [1.165, 1.54) is 35.2 Å². The van der Waals surface area contributed by atoms with E-state index in [2.05, 4.69) is 51.4 Å². The molecule has 0 spiro atoms. The number of fused-ring (bicyclic) bond motifs is 3. The Morgan fingerprint density at radius 2 is 2.33 bits per heavy atom. The SMILES string of the molecule is CN1CC[C@@H]2Nc3ccc(Br)cc3[C@@H]2C1. The molecule has 1 aromatic rings. The zero-order chi connectivity index (χ0) is 10.4. The summed E-state index contributed by atoms with van der Waals surface area (Å²) in [5.41, 5.74) is 2.82. The normalized spacial score (nSPS) is 29.5. The van der Waals surface area contributed by atoms with E-state index in [0.717, 1.165) is 0 Å². The van der Waals surface area contributed by atoms with Gasteiger partial charge < -0.3 is 10.2 Å². The highest BCUT2D eigenvalue weighted by atomic mass is 79.9. The van der Waals surface area contributed by atoms with Crippen molar-refractivity contribution in [3.05, 3.63) is 28.2 Å². The molecule has 0 amide bonds. The molecule has 2 aliphatic rings. The first-order valence-corrected chi connectivity index (χ1v) is 6.28. The van der Waals surface area contributed by atoms with Crippen LogP contribution in [-0.2, 0) is 0 Å². The molecule has 0 aliphatic carbocycles. The molecule has 2 heterocycles. The lowest BCUT2D eigenvalue weighted by atomic mass is 9.90. The van der Waals surface area contributed by atoms with Crippen LogP contribution < -0.4 is 5.32 Å². The van der Waals surface area contributed by atoms with Crippen molar-refractivity contribution in [1.29, 1.82) is 0 Å². The van der Waals surface area contributed by atoms with Gasteiger partial charge in [-0.2, -0.15) is 0 Å². The average Bonchev–Trinajstić information content (AvgIpc) is 2.56. The summed E-state index contributed by atoms with van der Waals surface area (Å²) in [6.45, 7) is 2.39. The highest BCUT2D eigenvalue weighted by Gasteiger charge is 2.35. The lowest BCUT2D eigenvalue weighted by molar-refractivity contribution is 0.243. The van der Waals surface area contributed by atoms with Gasteiger partial charge in [0.1, 0.15) is 0 Å². The van der Waals surface area contributed by atoms with Crippen molar-refractivity contribution in [3.8, 4) is 0 Å². The van der Waals surface area contributed by atoms with Crippen LogP contribution in [0.1, 0.15) is 17.9 Å². The van der Waals surface area contributed by atoms with Gasteiger partial charge in [-0.15, -0.1) is 0 Å². The predicted molar refractivity (Wildman–Crippen MR) is 66.4 cm³/mol. The number of halogens is 1. The van der Waals surface area contributed by atoms with Gasteiger partial charge in [0, 0.05) is 28.7 Å². The summed E-state index contributed by atoms with van der Waals surface area (Å²) in [5, 5.41) is 3.64. The number of likely N-dealkylation sites (N-methyl/N-ethyl adjacent to an activating group) is 1. The van der Waals surface area contributed by atoms with Crippen LogP contribution in [0.4, 0.5) is 5.69 Å². The van der Waals surface area contributed by atoms with Gasteiger partial charge in [0.25, 0.3) is 0 Å². The van der Waals surface area contributed by atoms with Crippen molar-refractivity contribution < 1.29 is 0 Å². The van der Waals surface area contributed by atoms with Crippen LogP contribution in [0, 0.1) is 0 Å². The van der Waals surface area contributed by atoms with Crippen LogP contribution in [0.15, 0.2) is 22.7 Å². The molecule has 0 bridgehead atoms. The van der Waals surface area contributed by atoms with E-state index in [-0.39, 0.29) is 0 Å². The number of likely N-dealkylation sites (tertiary alicyclic amines) is 1. The number of piperidine rings is 1. The lowest BCUT2D eigenvalue weighted by Gasteiger charge is -2.32. The molecule has 1 N–H and O–H groups in total. The summed E-state index contributed by atoms with van der Waals surface area (Å²) < 4.78 is 1.19. The Morgan fingerprint density at radius 3 is 3.20 bits per heavy atom. The number of nitrogens with one attached hydrogen (secondary N) is 1. The van der Waals surface area contributed by atoms with Crippen LogP contribution >= 0.6 is 15.9 Å². The molecule has 80 valence electrons. The predicted octanol–water partition coefficient (Wildman–Crippen LogP) is 2.66. The van der Waals surface area contributed by atoms with Crippen molar-refractivity contribution in [1.82, 2.24) is 4.90 Å². The van der Waals surface area contributed by atoms with Gasteiger partial charge in [0.15, 0.2) is 0 Å². The number of benzene rings is 1.